The molecule has 0 heterocycles. The number of esters is 1. The standard InChI is InChI=1S/C10H21NO2/c1-7-11(6)8(2)9(12)13-10(3,4)5/h8H,7H2,1-6H3. The maximum atomic E-state index is 11.5. The van der Waals surface area contributed by atoms with Crippen LogP contribution in [-0.4, -0.2) is 36.1 Å². The van der Waals surface area contributed by atoms with Gasteiger partial charge in [0.05, 0.1) is 0 Å². The lowest BCUT2D eigenvalue weighted by molar-refractivity contribution is -0.160. The third-order valence-corrected chi connectivity index (χ3v) is 1.91. The zero-order valence-electron chi connectivity index (χ0n) is 9.55. The van der Waals surface area contributed by atoms with Crippen LogP contribution in [0.25, 0.3) is 0 Å². The van der Waals surface area contributed by atoms with Gasteiger partial charge in [-0.2, -0.15) is 0 Å². The van der Waals surface area contributed by atoms with Crippen molar-refractivity contribution in [3.8, 4) is 0 Å². The van der Waals surface area contributed by atoms with Crippen LogP contribution in [0.3, 0.4) is 0 Å². The molecule has 0 aliphatic rings. The molecule has 0 N–H and O–H groups in total. The predicted molar refractivity (Wildman–Crippen MR) is 53.6 cm³/mol. The van der Waals surface area contributed by atoms with Crippen LogP contribution in [0.15, 0.2) is 0 Å². The molecule has 0 aliphatic heterocycles. The van der Waals surface area contributed by atoms with Gasteiger partial charge in [0.1, 0.15) is 11.6 Å². The first kappa shape index (κ1) is 12.4. The number of likely N-dealkylation sites (N-methyl/N-ethyl adjacent to an activating group) is 1. The number of hydrogen-bond donors (Lipinski definition) is 0. The summed E-state index contributed by atoms with van der Waals surface area (Å²) >= 11 is 0. The normalized spacial score (nSPS) is 14.4. The van der Waals surface area contributed by atoms with E-state index in [1.165, 1.54) is 0 Å². The molecule has 3 nitrogen and oxygen atoms in total. The summed E-state index contributed by atoms with van der Waals surface area (Å²) in [6.45, 7) is 10.4. The first-order chi connectivity index (χ1) is 5.78. The van der Waals surface area contributed by atoms with Gasteiger partial charge >= 0.3 is 5.97 Å². The topological polar surface area (TPSA) is 29.5 Å². The van der Waals surface area contributed by atoms with Crippen molar-refractivity contribution in [3.05, 3.63) is 0 Å². The maximum absolute atomic E-state index is 11.5. The number of nitrogens with zero attached hydrogens (tertiary/aromatic N) is 1. The second kappa shape index (κ2) is 4.61. The van der Waals surface area contributed by atoms with E-state index >= 15 is 0 Å². The number of carbonyl (C=O) groups excluding carboxylic acids is 1. The molecule has 0 radical (unpaired) electrons. The van der Waals surface area contributed by atoms with Gasteiger partial charge in [0.25, 0.3) is 0 Å². The molecule has 0 aliphatic carbocycles. The Kier molecular flexibility index (Phi) is 4.40. The smallest absolute Gasteiger partial charge is 0.323 e. The molecule has 13 heavy (non-hydrogen) atoms. The van der Waals surface area contributed by atoms with Crippen LogP contribution in [0.1, 0.15) is 34.6 Å². The third kappa shape index (κ3) is 4.88. The predicted octanol–water partition coefficient (Wildman–Crippen LogP) is 1.67. The first-order valence-electron chi connectivity index (χ1n) is 4.71. The molecule has 0 bridgehead atoms. The van der Waals surface area contributed by atoms with Gasteiger partial charge in [-0.1, -0.05) is 6.92 Å². The van der Waals surface area contributed by atoms with E-state index in [-0.39, 0.29) is 17.6 Å². The van der Waals surface area contributed by atoms with E-state index in [9.17, 15) is 4.79 Å². The molecule has 0 rings (SSSR count). The molecule has 0 aromatic carbocycles. The Hall–Kier alpha value is -0.570. The zero-order chi connectivity index (χ0) is 10.6. The highest BCUT2D eigenvalue weighted by molar-refractivity contribution is 5.75. The summed E-state index contributed by atoms with van der Waals surface area (Å²) in [6, 6.07) is -0.163. The fourth-order valence-corrected chi connectivity index (χ4v) is 0.841. The van der Waals surface area contributed by atoms with Crippen LogP contribution in [-0.2, 0) is 9.53 Å². The van der Waals surface area contributed by atoms with E-state index in [0.717, 1.165) is 6.54 Å². The molecule has 3 heteroatoms. The van der Waals surface area contributed by atoms with Gasteiger partial charge < -0.3 is 4.74 Å². The Balaban J connectivity index is 4.12. The van der Waals surface area contributed by atoms with Crippen LogP contribution >= 0.6 is 0 Å². The van der Waals surface area contributed by atoms with E-state index in [2.05, 4.69) is 0 Å². The van der Waals surface area contributed by atoms with Crippen molar-refractivity contribution in [1.29, 1.82) is 0 Å². The average molecular weight is 187 g/mol. The fourth-order valence-electron chi connectivity index (χ4n) is 0.841. The third-order valence-electron chi connectivity index (χ3n) is 1.91. The van der Waals surface area contributed by atoms with Crippen molar-refractivity contribution in [3.63, 3.8) is 0 Å². The van der Waals surface area contributed by atoms with Gasteiger partial charge in [0.2, 0.25) is 0 Å². The molecule has 0 aromatic heterocycles. The van der Waals surface area contributed by atoms with Gasteiger partial charge in [0.15, 0.2) is 0 Å². The summed E-state index contributed by atoms with van der Waals surface area (Å²) in [5.41, 5.74) is -0.389. The molecule has 0 saturated carbocycles. The Labute approximate surface area is 81.1 Å². The fraction of sp³-hybridized carbons (Fsp3) is 0.900. The van der Waals surface area contributed by atoms with Crippen LogP contribution in [0, 0.1) is 0 Å². The summed E-state index contributed by atoms with van der Waals surface area (Å²) < 4.78 is 5.24. The van der Waals surface area contributed by atoms with E-state index in [1.54, 1.807) is 0 Å². The highest BCUT2D eigenvalue weighted by Gasteiger charge is 2.23. The van der Waals surface area contributed by atoms with E-state index in [1.807, 2.05) is 46.6 Å². The van der Waals surface area contributed by atoms with Crippen molar-refractivity contribution in [2.75, 3.05) is 13.6 Å². The monoisotopic (exact) mass is 187 g/mol. The van der Waals surface area contributed by atoms with E-state index in [4.69, 9.17) is 4.74 Å². The lowest BCUT2D eigenvalue weighted by Crippen LogP contribution is -2.40. The number of carbonyl (C=O) groups is 1. The zero-order valence-corrected chi connectivity index (χ0v) is 9.55. The second-order valence-corrected chi connectivity index (χ2v) is 4.28. The Bertz CT molecular complexity index is 172. The van der Waals surface area contributed by atoms with Gasteiger partial charge in [-0.25, -0.2) is 0 Å². The molecule has 0 fully saturated rings. The summed E-state index contributed by atoms with van der Waals surface area (Å²) in [6.07, 6.45) is 0. The summed E-state index contributed by atoms with van der Waals surface area (Å²) in [4.78, 5) is 13.4. The molecule has 0 spiro atoms. The summed E-state index contributed by atoms with van der Waals surface area (Å²) in [7, 11) is 1.91. The largest absolute Gasteiger partial charge is 0.459 e. The van der Waals surface area contributed by atoms with Crippen molar-refractivity contribution in [2.45, 2.75) is 46.3 Å². The minimum absolute atomic E-state index is 0.156. The molecule has 0 saturated heterocycles. The van der Waals surface area contributed by atoms with Crippen LogP contribution in [0.4, 0.5) is 0 Å². The van der Waals surface area contributed by atoms with Crippen molar-refractivity contribution < 1.29 is 9.53 Å². The Morgan fingerprint density at radius 3 is 2.23 bits per heavy atom. The number of ether oxygens (including phenoxy) is 1. The molecular formula is C10H21NO2. The lowest BCUT2D eigenvalue weighted by Gasteiger charge is -2.26. The molecule has 0 aromatic rings. The Morgan fingerprint density at radius 1 is 1.46 bits per heavy atom. The van der Waals surface area contributed by atoms with Crippen LogP contribution in [0.2, 0.25) is 0 Å². The average Bonchev–Trinajstić information content (AvgIpc) is 1.98. The molecular weight excluding hydrogens is 166 g/mol. The SMILES string of the molecule is CCN(C)C(C)C(=O)OC(C)(C)C. The minimum atomic E-state index is -0.389. The number of hydrogen-bond acceptors (Lipinski definition) is 3. The molecule has 78 valence electrons. The van der Waals surface area contributed by atoms with Crippen LogP contribution in [0.5, 0.6) is 0 Å². The van der Waals surface area contributed by atoms with Gasteiger partial charge in [-0.05, 0) is 41.3 Å². The van der Waals surface area contributed by atoms with Crippen molar-refractivity contribution >= 4 is 5.97 Å². The minimum Gasteiger partial charge on any atom is -0.459 e. The quantitative estimate of drug-likeness (QED) is 0.629. The maximum Gasteiger partial charge on any atom is 0.323 e. The van der Waals surface area contributed by atoms with E-state index in [0.29, 0.717) is 0 Å². The second-order valence-electron chi connectivity index (χ2n) is 4.28. The molecule has 1 unspecified atom stereocenters. The van der Waals surface area contributed by atoms with Gasteiger partial charge in [0, 0.05) is 0 Å². The van der Waals surface area contributed by atoms with Gasteiger partial charge in [-0.15, -0.1) is 0 Å². The highest BCUT2D eigenvalue weighted by atomic mass is 16.6. The van der Waals surface area contributed by atoms with Crippen molar-refractivity contribution in [2.24, 2.45) is 0 Å². The lowest BCUT2D eigenvalue weighted by atomic mass is 10.2. The molecule has 0 amide bonds. The van der Waals surface area contributed by atoms with Gasteiger partial charge in [-0.3, -0.25) is 9.69 Å². The first-order valence-corrected chi connectivity index (χ1v) is 4.71. The summed E-state index contributed by atoms with van der Waals surface area (Å²) in [5.74, 6) is -0.156. The Morgan fingerprint density at radius 2 is 1.92 bits per heavy atom. The van der Waals surface area contributed by atoms with Crippen LogP contribution < -0.4 is 0 Å². The van der Waals surface area contributed by atoms with E-state index < -0.39 is 0 Å². The van der Waals surface area contributed by atoms with Crippen molar-refractivity contribution in [1.82, 2.24) is 4.90 Å². The highest BCUT2D eigenvalue weighted by Crippen LogP contribution is 2.10. The number of rotatable bonds is 3. The molecule has 1 atom stereocenters. The summed E-state index contributed by atoms with van der Waals surface area (Å²) in [5, 5.41) is 0.